The molecule has 2 aromatic rings. The predicted molar refractivity (Wildman–Crippen MR) is 78.0 cm³/mol. The Morgan fingerprint density at radius 3 is 2.89 bits per heavy atom. The quantitative estimate of drug-likeness (QED) is 0.911. The van der Waals surface area contributed by atoms with E-state index in [0.29, 0.717) is 0 Å². The van der Waals surface area contributed by atoms with Crippen LogP contribution in [0.1, 0.15) is 16.8 Å². The summed E-state index contributed by atoms with van der Waals surface area (Å²) in [5.41, 5.74) is 5.21. The summed E-state index contributed by atoms with van der Waals surface area (Å²) in [7, 11) is 1.94. The summed E-state index contributed by atoms with van der Waals surface area (Å²) >= 11 is 0. The first-order valence-corrected chi connectivity index (χ1v) is 6.77. The van der Waals surface area contributed by atoms with Gasteiger partial charge in [0.1, 0.15) is 0 Å². The van der Waals surface area contributed by atoms with Crippen LogP contribution in [0.3, 0.4) is 0 Å². The molecule has 1 N–H and O–H groups in total. The highest BCUT2D eigenvalue weighted by molar-refractivity contribution is 5.42. The lowest BCUT2D eigenvalue weighted by Crippen LogP contribution is -2.30. The minimum atomic E-state index is 0.920. The second kappa shape index (κ2) is 5.41. The molecule has 0 aliphatic carbocycles. The first-order chi connectivity index (χ1) is 9.35. The number of pyridine rings is 1. The maximum atomic E-state index is 4.46. The largest absolute Gasteiger partial charge is 0.388 e. The molecule has 0 radical (unpaired) electrons. The number of hydrogen-bond acceptors (Lipinski definition) is 3. The summed E-state index contributed by atoms with van der Waals surface area (Å²) in [5, 5.41) is 3.16. The van der Waals surface area contributed by atoms with E-state index in [-0.39, 0.29) is 0 Å². The van der Waals surface area contributed by atoms with Gasteiger partial charge in [0.15, 0.2) is 0 Å². The van der Waals surface area contributed by atoms with Gasteiger partial charge in [0, 0.05) is 38.6 Å². The Morgan fingerprint density at radius 1 is 1.21 bits per heavy atom. The molecule has 1 aliphatic heterocycles. The molecular formula is C16H19N3. The van der Waals surface area contributed by atoms with E-state index < -0.39 is 0 Å². The fourth-order valence-electron chi connectivity index (χ4n) is 2.64. The lowest BCUT2D eigenvalue weighted by atomic mass is 10.00. The van der Waals surface area contributed by atoms with Crippen molar-refractivity contribution in [2.75, 3.05) is 18.9 Å². The fraction of sp³-hybridized carbons (Fsp3) is 0.312. The fourth-order valence-corrected chi connectivity index (χ4v) is 2.64. The molecule has 1 aliphatic rings. The molecule has 1 aromatic heterocycles. The van der Waals surface area contributed by atoms with Gasteiger partial charge in [0.2, 0.25) is 0 Å². The Kier molecular flexibility index (Phi) is 3.47. The molecule has 0 spiro atoms. The normalized spacial score (nSPS) is 15.0. The molecule has 0 unspecified atom stereocenters. The number of nitrogens with zero attached hydrogens (tertiary/aromatic N) is 2. The summed E-state index contributed by atoms with van der Waals surface area (Å²) in [6, 6.07) is 12.9. The molecular weight excluding hydrogens is 234 g/mol. The lowest BCUT2D eigenvalue weighted by molar-refractivity contribution is 0.243. The van der Waals surface area contributed by atoms with E-state index >= 15 is 0 Å². The van der Waals surface area contributed by atoms with Crippen LogP contribution in [0.15, 0.2) is 42.6 Å². The van der Waals surface area contributed by atoms with Crippen LogP contribution in [0.2, 0.25) is 0 Å². The van der Waals surface area contributed by atoms with E-state index in [9.17, 15) is 0 Å². The van der Waals surface area contributed by atoms with Crippen molar-refractivity contribution in [3.05, 3.63) is 59.4 Å². The monoisotopic (exact) mass is 253 g/mol. The number of fused-ring (bicyclic) bond motifs is 1. The zero-order valence-corrected chi connectivity index (χ0v) is 11.3. The first-order valence-electron chi connectivity index (χ1n) is 6.77. The van der Waals surface area contributed by atoms with Crippen molar-refractivity contribution >= 4 is 5.69 Å². The Hall–Kier alpha value is -1.87. The molecule has 0 bridgehead atoms. The molecule has 0 fully saturated rings. The van der Waals surface area contributed by atoms with E-state index in [0.717, 1.165) is 37.4 Å². The molecule has 0 atom stereocenters. The second-order valence-corrected chi connectivity index (χ2v) is 5.02. The Balaban J connectivity index is 1.71. The maximum Gasteiger partial charge on any atom is 0.0564 e. The average Bonchev–Trinajstić information content (AvgIpc) is 2.47. The van der Waals surface area contributed by atoms with Gasteiger partial charge in [-0.25, -0.2) is 0 Å². The Morgan fingerprint density at radius 2 is 2.05 bits per heavy atom. The Bertz CT molecular complexity index is 565. The van der Waals surface area contributed by atoms with Crippen LogP contribution in [-0.2, 0) is 19.5 Å². The number of rotatable bonds is 3. The molecule has 3 rings (SSSR count). The van der Waals surface area contributed by atoms with Crippen molar-refractivity contribution in [3.63, 3.8) is 0 Å². The van der Waals surface area contributed by atoms with Gasteiger partial charge in [0.25, 0.3) is 0 Å². The van der Waals surface area contributed by atoms with Crippen molar-refractivity contribution < 1.29 is 0 Å². The van der Waals surface area contributed by atoms with E-state index in [2.05, 4.69) is 45.5 Å². The van der Waals surface area contributed by atoms with Gasteiger partial charge in [0.05, 0.1) is 5.69 Å². The summed E-state index contributed by atoms with van der Waals surface area (Å²) < 4.78 is 0. The molecule has 3 nitrogen and oxygen atoms in total. The third kappa shape index (κ3) is 2.76. The van der Waals surface area contributed by atoms with Gasteiger partial charge >= 0.3 is 0 Å². The standard InChI is InChI=1S/C16H19N3/c1-17-15-6-8-18-16(10-15)12-19-9-7-13-4-2-3-5-14(13)11-19/h2-6,8,10H,7,9,11-12H2,1H3,(H,17,18). The van der Waals surface area contributed by atoms with Crippen LogP contribution < -0.4 is 5.32 Å². The van der Waals surface area contributed by atoms with Crippen LogP contribution in [0, 0.1) is 0 Å². The predicted octanol–water partition coefficient (Wildman–Crippen LogP) is 2.68. The summed E-state index contributed by atoms with van der Waals surface area (Å²) in [4.78, 5) is 6.92. The molecule has 0 amide bonds. The van der Waals surface area contributed by atoms with E-state index in [1.807, 2.05) is 19.3 Å². The van der Waals surface area contributed by atoms with Crippen LogP contribution in [-0.4, -0.2) is 23.5 Å². The van der Waals surface area contributed by atoms with Crippen molar-refractivity contribution in [1.29, 1.82) is 0 Å². The summed E-state index contributed by atoms with van der Waals surface area (Å²) in [6.45, 7) is 3.06. The van der Waals surface area contributed by atoms with Crippen molar-refractivity contribution in [3.8, 4) is 0 Å². The average molecular weight is 253 g/mol. The third-order valence-corrected chi connectivity index (χ3v) is 3.70. The zero-order chi connectivity index (χ0) is 13.1. The maximum absolute atomic E-state index is 4.46. The number of anilines is 1. The van der Waals surface area contributed by atoms with Crippen LogP contribution in [0.4, 0.5) is 5.69 Å². The Labute approximate surface area is 114 Å². The van der Waals surface area contributed by atoms with E-state index in [1.54, 1.807) is 0 Å². The van der Waals surface area contributed by atoms with Gasteiger partial charge in [-0.05, 0) is 29.7 Å². The first kappa shape index (κ1) is 12.2. The molecule has 98 valence electrons. The van der Waals surface area contributed by atoms with Gasteiger partial charge in [-0.15, -0.1) is 0 Å². The molecule has 0 saturated carbocycles. The lowest BCUT2D eigenvalue weighted by Gasteiger charge is -2.28. The number of aromatic nitrogens is 1. The summed E-state index contributed by atoms with van der Waals surface area (Å²) in [6.07, 6.45) is 3.01. The number of hydrogen-bond donors (Lipinski definition) is 1. The zero-order valence-electron chi connectivity index (χ0n) is 11.3. The van der Waals surface area contributed by atoms with Crippen molar-refractivity contribution in [2.45, 2.75) is 19.5 Å². The molecule has 2 heterocycles. The number of benzene rings is 1. The molecule has 0 saturated heterocycles. The summed E-state index contributed by atoms with van der Waals surface area (Å²) in [5.74, 6) is 0. The van der Waals surface area contributed by atoms with Gasteiger partial charge in [-0.1, -0.05) is 24.3 Å². The van der Waals surface area contributed by atoms with Gasteiger partial charge in [-0.2, -0.15) is 0 Å². The third-order valence-electron chi connectivity index (χ3n) is 3.70. The topological polar surface area (TPSA) is 28.2 Å². The highest BCUT2D eigenvalue weighted by atomic mass is 15.1. The smallest absolute Gasteiger partial charge is 0.0564 e. The SMILES string of the molecule is CNc1ccnc(CN2CCc3ccccc3C2)c1. The van der Waals surface area contributed by atoms with Crippen LogP contribution in [0.5, 0.6) is 0 Å². The van der Waals surface area contributed by atoms with Crippen molar-refractivity contribution in [1.82, 2.24) is 9.88 Å². The van der Waals surface area contributed by atoms with Crippen LogP contribution in [0.25, 0.3) is 0 Å². The highest BCUT2D eigenvalue weighted by Crippen LogP contribution is 2.20. The second-order valence-electron chi connectivity index (χ2n) is 5.02. The van der Waals surface area contributed by atoms with E-state index in [1.165, 1.54) is 11.1 Å². The van der Waals surface area contributed by atoms with E-state index in [4.69, 9.17) is 0 Å². The van der Waals surface area contributed by atoms with Gasteiger partial charge < -0.3 is 5.32 Å². The molecule has 3 heteroatoms. The van der Waals surface area contributed by atoms with Crippen LogP contribution >= 0.6 is 0 Å². The minimum Gasteiger partial charge on any atom is -0.388 e. The number of nitrogens with one attached hydrogen (secondary N) is 1. The molecule has 19 heavy (non-hydrogen) atoms. The minimum absolute atomic E-state index is 0.920. The molecule has 1 aromatic carbocycles. The van der Waals surface area contributed by atoms with Crippen molar-refractivity contribution in [2.24, 2.45) is 0 Å². The highest BCUT2D eigenvalue weighted by Gasteiger charge is 2.16. The van der Waals surface area contributed by atoms with Gasteiger partial charge in [-0.3, -0.25) is 9.88 Å².